The Morgan fingerprint density at radius 1 is 1.30 bits per heavy atom. The molecule has 0 unspecified atom stereocenters. The Labute approximate surface area is 125 Å². The van der Waals surface area contributed by atoms with E-state index >= 15 is 0 Å². The van der Waals surface area contributed by atoms with E-state index in [0.717, 1.165) is 24.9 Å². The number of carbonyl (C=O) groups excluding carboxylic acids is 1. The highest BCUT2D eigenvalue weighted by Gasteiger charge is 2.21. The van der Waals surface area contributed by atoms with Gasteiger partial charge in [-0.1, -0.05) is 13.8 Å². The zero-order valence-electron chi connectivity index (χ0n) is 13.7. The quantitative estimate of drug-likeness (QED) is 0.697. The molecule has 1 rings (SSSR count). The molecule has 0 aromatic heterocycles. The molecule has 1 fully saturated rings. The van der Waals surface area contributed by atoms with Crippen molar-refractivity contribution in [1.82, 2.24) is 10.2 Å². The van der Waals surface area contributed by atoms with Crippen LogP contribution in [0.2, 0.25) is 0 Å². The standard InChI is InChI=1S/C16H32N2O2.H2/c1-13(2)11-15-5-8-18(9-6-15)12-16(19)17-7-10-20-14(3)4;/h13-15H,5-12H2,1-4H3,(H,17,19);1H. The van der Waals surface area contributed by atoms with Crippen LogP contribution in [0.4, 0.5) is 0 Å². The van der Waals surface area contributed by atoms with Crippen molar-refractivity contribution >= 4 is 5.91 Å². The molecule has 0 aromatic carbocycles. The van der Waals surface area contributed by atoms with Crippen LogP contribution in [-0.2, 0) is 9.53 Å². The van der Waals surface area contributed by atoms with Gasteiger partial charge in [-0.3, -0.25) is 9.69 Å². The number of rotatable bonds is 8. The van der Waals surface area contributed by atoms with Crippen molar-refractivity contribution < 1.29 is 11.0 Å². The predicted molar refractivity (Wildman–Crippen MR) is 84.8 cm³/mol. The Hall–Kier alpha value is -0.610. The Morgan fingerprint density at radius 2 is 1.95 bits per heavy atom. The molecular formula is C16H34N2O2. The lowest BCUT2D eigenvalue weighted by Crippen LogP contribution is -2.42. The summed E-state index contributed by atoms with van der Waals surface area (Å²) >= 11 is 0. The van der Waals surface area contributed by atoms with Gasteiger partial charge in [0, 0.05) is 7.97 Å². The first-order valence-corrected chi connectivity index (χ1v) is 8.08. The van der Waals surface area contributed by atoms with Crippen LogP contribution < -0.4 is 5.32 Å². The fourth-order valence-electron chi connectivity index (χ4n) is 2.79. The molecule has 0 aromatic rings. The average Bonchev–Trinajstić information content (AvgIpc) is 2.36. The highest BCUT2D eigenvalue weighted by molar-refractivity contribution is 5.77. The monoisotopic (exact) mass is 286 g/mol. The van der Waals surface area contributed by atoms with Gasteiger partial charge >= 0.3 is 0 Å². The van der Waals surface area contributed by atoms with Crippen LogP contribution in [0.5, 0.6) is 0 Å². The van der Waals surface area contributed by atoms with Crippen molar-refractivity contribution in [2.45, 2.75) is 53.1 Å². The summed E-state index contributed by atoms with van der Waals surface area (Å²) in [5.74, 6) is 1.77. The third-order valence-corrected chi connectivity index (χ3v) is 3.75. The van der Waals surface area contributed by atoms with Gasteiger partial charge < -0.3 is 10.1 Å². The molecule has 1 saturated heterocycles. The lowest BCUT2D eigenvalue weighted by Gasteiger charge is -2.32. The summed E-state index contributed by atoms with van der Waals surface area (Å²) < 4.78 is 5.40. The molecular weight excluding hydrogens is 252 g/mol. The largest absolute Gasteiger partial charge is 0.377 e. The minimum atomic E-state index is 0. The smallest absolute Gasteiger partial charge is 0.234 e. The summed E-state index contributed by atoms with van der Waals surface area (Å²) in [6.45, 7) is 12.5. The maximum absolute atomic E-state index is 11.8. The van der Waals surface area contributed by atoms with E-state index in [1.54, 1.807) is 0 Å². The first-order valence-electron chi connectivity index (χ1n) is 8.08. The lowest BCUT2D eigenvalue weighted by atomic mass is 9.89. The number of nitrogens with zero attached hydrogens (tertiary/aromatic N) is 1. The maximum atomic E-state index is 11.8. The van der Waals surface area contributed by atoms with E-state index in [-0.39, 0.29) is 13.4 Å². The first-order chi connectivity index (χ1) is 9.47. The van der Waals surface area contributed by atoms with Crippen molar-refractivity contribution in [1.29, 1.82) is 0 Å². The fourth-order valence-corrected chi connectivity index (χ4v) is 2.79. The zero-order valence-corrected chi connectivity index (χ0v) is 13.7. The van der Waals surface area contributed by atoms with E-state index in [1.165, 1.54) is 19.3 Å². The Morgan fingerprint density at radius 3 is 2.50 bits per heavy atom. The molecule has 4 nitrogen and oxygen atoms in total. The molecule has 1 aliphatic heterocycles. The van der Waals surface area contributed by atoms with Crippen molar-refractivity contribution in [2.24, 2.45) is 11.8 Å². The van der Waals surface area contributed by atoms with Crippen molar-refractivity contribution in [3.8, 4) is 0 Å². The van der Waals surface area contributed by atoms with E-state index in [2.05, 4.69) is 24.1 Å². The molecule has 0 spiro atoms. The molecule has 0 atom stereocenters. The van der Waals surface area contributed by atoms with E-state index in [4.69, 9.17) is 4.74 Å². The molecule has 0 aliphatic carbocycles. The molecule has 120 valence electrons. The van der Waals surface area contributed by atoms with Crippen molar-refractivity contribution in [3.63, 3.8) is 0 Å². The predicted octanol–water partition coefficient (Wildman–Crippen LogP) is 2.53. The second-order valence-electron chi connectivity index (χ2n) is 6.62. The van der Waals surface area contributed by atoms with Gasteiger partial charge in [0.2, 0.25) is 5.91 Å². The van der Waals surface area contributed by atoms with E-state index in [9.17, 15) is 4.79 Å². The van der Waals surface area contributed by atoms with Gasteiger partial charge in [-0.15, -0.1) is 0 Å². The molecule has 1 N–H and O–H groups in total. The molecule has 0 saturated carbocycles. The molecule has 1 heterocycles. The number of hydrogen-bond donors (Lipinski definition) is 1. The number of carbonyl (C=O) groups is 1. The van der Waals surface area contributed by atoms with Crippen LogP contribution in [0.25, 0.3) is 0 Å². The van der Waals surface area contributed by atoms with Crippen LogP contribution in [0.1, 0.15) is 48.4 Å². The summed E-state index contributed by atoms with van der Waals surface area (Å²) in [7, 11) is 0. The van der Waals surface area contributed by atoms with Gasteiger partial charge in [0.25, 0.3) is 0 Å². The minimum Gasteiger partial charge on any atom is -0.377 e. The number of nitrogens with one attached hydrogen (secondary N) is 1. The van der Waals surface area contributed by atoms with Crippen LogP contribution in [-0.4, -0.2) is 49.7 Å². The van der Waals surface area contributed by atoms with E-state index in [0.29, 0.717) is 19.7 Å². The fraction of sp³-hybridized carbons (Fsp3) is 0.938. The third-order valence-electron chi connectivity index (χ3n) is 3.75. The number of amides is 1. The first kappa shape index (κ1) is 17.4. The van der Waals surface area contributed by atoms with Crippen LogP contribution in [0, 0.1) is 11.8 Å². The third kappa shape index (κ3) is 7.85. The SMILES string of the molecule is CC(C)CC1CCN(CC(=O)NCCOC(C)C)CC1.[HH]. The summed E-state index contributed by atoms with van der Waals surface area (Å²) in [5.41, 5.74) is 0. The number of piperidine rings is 1. The lowest BCUT2D eigenvalue weighted by molar-refractivity contribution is -0.122. The molecule has 4 heteroatoms. The molecule has 20 heavy (non-hydrogen) atoms. The topological polar surface area (TPSA) is 41.6 Å². The normalized spacial score (nSPS) is 17.9. The molecule has 0 bridgehead atoms. The highest BCUT2D eigenvalue weighted by atomic mass is 16.5. The van der Waals surface area contributed by atoms with E-state index < -0.39 is 0 Å². The van der Waals surface area contributed by atoms with Crippen LogP contribution >= 0.6 is 0 Å². The summed E-state index contributed by atoms with van der Waals surface area (Å²) in [5, 5.41) is 2.92. The summed E-state index contributed by atoms with van der Waals surface area (Å²) in [4.78, 5) is 14.1. The second-order valence-corrected chi connectivity index (χ2v) is 6.62. The van der Waals surface area contributed by atoms with Gasteiger partial charge in [-0.2, -0.15) is 0 Å². The van der Waals surface area contributed by atoms with Gasteiger partial charge in [-0.05, 0) is 58.0 Å². The van der Waals surface area contributed by atoms with Crippen molar-refractivity contribution in [3.05, 3.63) is 0 Å². The Balaban J connectivity index is 0.00000400. The average molecular weight is 286 g/mol. The van der Waals surface area contributed by atoms with Gasteiger partial charge in [-0.25, -0.2) is 0 Å². The summed E-state index contributed by atoms with van der Waals surface area (Å²) in [6, 6.07) is 0. The highest BCUT2D eigenvalue weighted by Crippen LogP contribution is 2.23. The Bertz CT molecular complexity index is 277. The maximum Gasteiger partial charge on any atom is 0.234 e. The molecule has 1 amide bonds. The summed E-state index contributed by atoms with van der Waals surface area (Å²) in [6.07, 6.45) is 4.03. The van der Waals surface area contributed by atoms with Gasteiger partial charge in [0.15, 0.2) is 0 Å². The number of hydrogen-bond acceptors (Lipinski definition) is 3. The van der Waals surface area contributed by atoms with Gasteiger partial charge in [0.05, 0.1) is 19.3 Å². The molecule has 1 aliphatic rings. The number of likely N-dealkylation sites (tertiary alicyclic amines) is 1. The minimum absolute atomic E-state index is 0. The number of ether oxygens (including phenoxy) is 1. The molecule has 0 radical (unpaired) electrons. The van der Waals surface area contributed by atoms with Crippen molar-refractivity contribution in [2.75, 3.05) is 32.8 Å². The van der Waals surface area contributed by atoms with Crippen LogP contribution in [0.15, 0.2) is 0 Å². The Kier molecular flexibility index (Phi) is 8.15. The van der Waals surface area contributed by atoms with E-state index in [1.807, 2.05) is 13.8 Å². The van der Waals surface area contributed by atoms with Gasteiger partial charge in [0.1, 0.15) is 0 Å². The zero-order chi connectivity index (χ0) is 15.0. The van der Waals surface area contributed by atoms with Crippen LogP contribution in [0.3, 0.4) is 0 Å². The second kappa shape index (κ2) is 9.35.